The summed E-state index contributed by atoms with van der Waals surface area (Å²) < 4.78 is 0. The van der Waals surface area contributed by atoms with Crippen LogP contribution >= 0.6 is 0 Å². The van der Waals surface area contributed by atoms with E-state index < -0.39 is 0 Å². The van der Waals surface area contributed by atoms with E-state index in [0.29, 0.717) is 0 Å². The molecule has 2 aromatic rings. The van der Waals surface area contributed by atoms with Crippen LogP contribution in [0.3, 0.4) is 0 Å². The molecule has 0 heterocycles. The average molecular weight is 242 g/mol. The van der Waals surface area contributed by atoms with Crippen LogP contribution in [0.2, 0.25) is 0 Å². The van der Waals surface area contributed by atoms with E-state index in [0.717, 1.165) is 25.9 Å². The van der Waals surface area contributed by atoms with Crippen molar-refractivity contribution in [2.75, 3.05) is 13.1 Å². The molecule has 1 atom stereocenters. The highest BCUT2D eigenvalue weighted by Crippen LogP contribution is 2.15. The van der Waals surface area contributed by atoms with Gasteiger partial charge in [-0.25, -0.2) is 0 Å². The van der Waals surface area contributed by atoms with Crippen LogP contribution in [0.1, 0.15) is 18.9 Å². The van der Waals surface area contributed by atoms with E-state index in [1.54, 1.807) is 0 Å². The summed E-state index contributed by atoms with van der Waals surface area (Å²) >= 11 is 0. The fourth-order valence-electron chi connectivity index (χ4n) is 2.08. The molecule has 1 unspecified atom stereocenters. The van der Waals surface area contributed by atoms with Gasteiger partial charge in [0.05, 0.1) is 0 Å². The molecule has 0 aliphatic rings. The third-order valence-corrected chi connectivity index (χ3v) is 3.18. The molecule has 0 saturated carbocycles. The van der Waals surface area contributed by atoms with Crippen LogP contribution in [-0.4, -0.2) is 19.1 Å². The summed E-state index contributed by atoms with van der Waals surface area (Å²) in [4.78, 5) is 0. The average Bonchev–Trinajstić information content (AvgIpc) is 2.38. The number of benzene rings is 2. The van der Waals surface area contributed by atoms with Gasteiger partial charge in [-0.3, -0.25) is 0 Å². The molecule has 2 nitrogen and oxygen atoms in total. The Morgan fingerprint density at radius 1 is 1.06 bits per heavy atom. The monoisotopic (exact) mass is 242 g/mol. The number of fused-ring (bicyclic) bond motifs is 1. The molecule has 2 rings (SSSR count). The largest absolute Gasteiger partial charge is 0.328 e. The van der Waals surface area contributed by atoms with Gasteiger partial charge in [0.15, 0.2) is 0 Å². The first-order valence-electron chi connectivity index (χ1n) is 6.69. The summed E-state index contributed by atoms with van der Waals surface area (Å²) in [6.07, 6.45) is 2.11. The van der Waals surface area contributed by atoms with E-state index in [1.165, 1.54) is 16.3 Å². The number of nitrogens with two attached hydrogens (primary N) is 1. The second-order valence-electron chi connectivity index (χ2n) is 4.95. The maximum absolute atomic E-state index is 5.71. The van der Waals surface area contributed by atoms with Crippen LogP contribution in [0.4, 0.5) is 0 Å². The third kappa shape index (κ3) is 3.83. The minimum atomic E-state index is 0.290. The molecule has 3 N–H and O–H groups in total. The van der Waals surface area contributed by atoms with Crippen molar-refractivity contribution in [2.24, 2.45) is 5.73 Å². The number of hydrogen-bond acceptors (Lipinski definition) is 2. The van der Waals surface area contributed by atoms with Crippen LogP contribution in [0.25, 0.3) is 10.8 Å². The quantitative estimate of drug-likeness (QED) is 0.764. The zero-order valence-electron chi connectivity index (χ0n) is 11.0. The number of rotatable bonds is 6. The van der Waals surface area contributed by atoms with Gasteiger partial charge < -0.3 is 11.1 Å². The SMILES string of the molecule is CC(N)CCNCCc1ccc2ccccc2c1. The van der Waals surface area contributed by atoms with Gasteiger partial charge in [0.1, 0.15) is 0 Å². The molecule has 0 fully saturated rings. The zero-order chi connectivity index (χ0) is 12.8. The van der Waals surface area contributed by atoms with Crippen LogP contribution in [0.15, 0.2) is 42.5 Å². The van der Waals surface area contributed by atoms with Crippen molar-refractivity contribution in [3.63, 3.8) is 0 Å². The van der Waals surface area contributed by atoms with Crippen molar-refractivity contribution in [2.45, 2.75) is 25.8 Å². The molecule has 2 heteroatoms. The van der Waals surface area contributed by atoms with Gasteiger partial charge in [-0.1, -0.05) is 42.5 Å². The molecule has 0 aliphatic carbocycles. The van der Waals surface area contributed by atoms with Crippen molar-refractivity contribution < 1.29 is 0 Å². The Balaban J connectivity index is 1.84. The van der Waals surface area contributed by atoms with Crippen LogP contribution in [0, 0.1) is 0 Å². The van der Waals surface area contributed by atoms with Crippen molar-refractivity contribution in [3.8, 4) is 0 Å². The summed E-state index contributed by atoms with van der Waals surface area (Å²) in [5, 5.41) is 6.07. The molecule has 0 bridgehead atoms. The van der Waals surface area contributed by atoms with Gasteiger partial charge >= 0.3 is 0 Å². The van der Waals surface area contributed by atoms with Gasteiger partial charge in [0, 0.05) is 6.04 Å². The van der Waals surface area contributed by atoms with Gasteiger partial charge in [0.2, 0.25) is 0 Å². The topological polar surface area (TPSA) is 38.0 Å². The normalized spacial score (nSPS) is 12.8. The first-order valence-corrected chi connectivity index (χ1v) is 6.69. The molecule has 0 radical (unpaired) electrons. The lowest BCUT2D eigenvalue weighted by Crippen LogP contribution is -2.25. The van der Waals surface area contributed by atoms with E-state index in [9.17, 15) is 0 Å². The van der Waals surface area contributed by atoms with Gasteiger partial charge in [0.25, 0.3) is 0 Å². The maximum Gasteiger partial charge on any atom is 0.00225 e. The van der Waals surface area contributed by atoms with Gasteiger partial charge in [-0.05, 0) is 49.2 Å². The zero-order valence-corrected chi connectivity index (χ0v) is 11.0. The summed E-state index contributed by atoms with van der Waals surface area (Å²) in [6.45, 7) is 4.07. The smallest absolute Gasteiger partial charge is 0.00225 e. The predicted molar refractivity (Wildman–Crippen MR) is 78.8 cm³/mol. The fraction of sp³-hybridized carbons (Fsp3) is 0.375. The highest BCUT2D eigenvalue weighted by molar-refractivity contribution is 5.82. The lowest BCUT2D eigenvalue weighted by molar-refractivity contribution is 0.590. The maximum atomic E-state index is 5.71. The summed E-state index contributed by atoms with van der Waals surface area (Å²) in [5.41, 5.74) is 7.10. The summed E-state index contributed by atoms with van der Waals surface area (Å²) in [5.74, 6) is 0. The van der Waals surface area contributed by atoms with Crippen molar-refractivity contribution in [1.82, 2.24) is 5.32 Å². The predicted octanol–water partition coefficient (Wildman–Crippen LogP) is 2.71. The van der Waals surface area contributed by atoms with Crippen LogP contribution in [0.5, 0.6) is 0 Å². The Kier molecular flexibility index (Phi) is 4.73. The Morgan fingerprint density at radius 3 is 2.61 bits per heavy atom. The van der Waals surface area contributed by atoms with Crippen LogP contribution < -0.4 is 11.1 Å². The molecule has 0 aliphatic heterocycles. The lowest BCUT2D eigenvalue weighted by Gasteiger charge is -2.07. The molecule has 0 aromatic heterocycles. The van der Waals surface area contributed by atoms with Crippen molar-refractivity contribution in [3.05, 3.63) is 48.0 Å². The Hall–Kier alpha value is -1.38. The molecule has 0 spiro atoms. The Labute approximate surface area is 109 Å². The lowest BCUT2D eigenvalue weighted by atomic mass is 10.1. The fourth-order valence-corrected chi connectivity index (χ4v) is 2.08. The number of nitrogens with one attached hydrogen (secondary N) is 1. The molecule has 2 aromatic carbocycles. The van der Waals surface area contributed by atoms with Crippen molar-refractivity contribution in [1.29, 1.82) is 0 Å². The first kappa shape index (κ1) is 13.1. The number of hydrogen-bond donors (Lipinski definition) is 2. The molecular formula is C16H22N2. The molecule has 0 saturated heterocycles. The van der Waals surface area contributed by atoms with E-state index in [1.807, 2.05) is 6.92 Å². The third-order valence-electron chi connectivity index (χ3n) is 3.18. The molecule has 18 heavy (non-hydrogen) atoms. The second kappa shape index (κ2) is 6.53. The van der Waals surface area contributed by atoms with Crippen molar-refractivity contribution >= 4 is 10.8 Å². The second-order valence-corrected chi connectivity index (χ2v) is 4.95. The first-order chi connectivity index (χ1) is 8.75. The Morgan fingerprint density at radius 2 is 1.83 bits per heavy atom. The Bertz CT molecular complexity index is 491. The highest BCUT2D eigenvalue weighted by atomic mass is 14.8. The molecular weight excluding hydrogens is 220 g/mol. The van der Waals surface area contributed by atoms with E-state index >= 15 is 0 Å². The van der Waals surface area contributed by atoms with Gasteiger partial charge in [-0.15, -0.1) is 0 Å². The minimum Gasteiger partial charge on any atom is -0.328 e. The van der Waals surface area contributed by atoms with E-state index in [-0.39, 0.29) is 6.04 Å². The highest BCUT2D eigenvalue weighted by Gasteiger charge is 1.97. The molecule has 0 amide bonds. The standard InChI is InChI=1S/C16H22N2/c1-13(17)8-10-18-11-9-14-6-7-15-4-2-3-5-16(15)12-14/h2-7,12-13,18H,8-11,17H2,1H3. The minimum absolute atomic E-state index is 0.290. The molecule has 96 valence electrons. The summed E-state index contributed by atoms with van der Waals surface area (Å²) in [7, 11) is 0. The summed E-state index contributed by atoms with van der Waals surface area (Å²) in [6, 6.07) is 15.5. The van der Waals surface area contributed by atoms with E-state index in [4.69, 9.17) is 5.73 Å². The van der Waals surface area contributed by atoms with Crippen LogP contribution in [-0.2, 0) is 6.42 Å². The van der Waals surface area contributed by atoms with E-state index in [2.05, 4.69) is 47.8 Å². The van der Waals surface area contributed by atoms with Gasteiger partial charge in [-0.2, -0.15) is 0 Å².